The number of rotatable bonds is 3. The lowest BCUT2D eigenvalue weighted by atomic mass is 10.2. The van der Waals surface area contributed by atoms with Crippen molar-refractivity contribution < 1.29 is 33.7 Å². The lowest BCUT2D eigenvalue weighted by Crippen LogP contribution is -3.15. The summed E-state index contributed by atoms with van der Waals surface area (Å²) in [5.41, 5.74) is 0.352. The zero-order valence-electron chi connectivity index (χ0n) is 20.6. The van der Waals surface area contributed by atoms with Crippen molar-refractivity contribution in [3.63, 3.8) is 0 Å². The first-order valence-corrected chi connectivity index (χ1v) is 11.7. The number of nitrogens with one attached hydrogen (secondary N) is 1. The standard InChI is InChI=1S/C23H33N5O7/c1-23(2,3)35-22(31)26-13-14-27-18(15-26)28(32)20(19(27)29)34-21(30)25-11-9-24(10-12-25)16-5-7-17(33-4)8-6-16/h5-8,18,20,28H,9-15H2,1-4H3. The van der Waals surface area contributed by atoms with Crippen molar-refractivity contribution in [3.05, 3.63) is 29.5 Å². The van der Waals surface area contributed by atoms with Crippen molar-refractivity contribution in [2.24, 2.45) is 0 Å². The molecule has 0 radical (unpaired) electrons. The maximum absolute atomic E-state index is 13.0. The van der Waals surface area contributed by atoms with Gasteiger partial charge in [-0.1, -0.05) is 0 Å². The maximum Gasteiger partial charge on any atom is 0.414 e. The first kappa shape index (κ1) is 24.9. The minimum Gasteiger partial charge on any atom is -0.630 e. The molecule has 12 heteroatoms. The Morgan fingerprint density at radius 2 is 1.60 bits per heavy atom. The topological polar surface area (TPSA) is 119 Å². The van der Waals surface area contributed by atoms with E-state index in [-0.39, 0.29) is 19.6 Å². The molecule has 0 spiro atoms. The van der Waals surface area contributed by atoms with Gasteiger partial charge >= 0.3 is 24.3 Å². The number of carbonyl (C=O) groups excluding carboxylic acids is 3. The number of benzene rings is 1. The van der Waals surface area contributed by atoms with Gasteiger partial charge in [0.15, 0.2) is 6.17 Å². The normalized spacial score (nSPS) is 24.8. The van der Waals surface area contributed by atoms with Gasteiger partial charge in [0.25, 0.3) is 0 Å². The van der Waals surface area contributed by atoms with E-state index in [0.29, 0.717) is 26.2 Å². The number of hydroxylamine groups is 2. The van der Waals surface area contributed by atoms with Crippen molar-refractivity contribution in [1.29, 1.82) is 0 Å². The summed E-state index contributed by atoms with van der Waals surface area (Å²) < 4.78 is 16.0. The van der Waals surface area contributed by atoms with Crippen molar-refractivity contribution in [2.45, 2.75) is 38.8 Å². The molecule has 1 aromatic rings. The Hall–Kier alpha value is -3.25. The van der Waals surface area contributed by atoms with Crippen LogP contribution in [0, 0.1) is 5.21 Å². The minimum absolute atomic E-state index is 0.0219. The van der Waals surface area contributed by atoms with Gasteiger partial charge in [-0.15, -0.1) is 0 Å². The predicted octanol–water partition coefficient (Wildman–Crippen LogP) is 0.0816. The Kier molecular flexibility index (Phi) is 6.95. The molecule has 3 aliphatic rings. The van der Waals surface area contributed by atoms with Gasteiger partial charge in [-0.2, -0.15) is 0 Å². The highest BCUT2D eigenvalue weighted by Crippen LogP contribution is 2.21. The van der Waals surface area contributed by atoms with E-state index < -0.39 is 41.2 Å². The minimum atomic E-state index is -1.48. The Morgan fingerprint density at radius 1 is 0.971 bits per heavy atom. The van der Waals surface area contributed by atoms with Crippen LogP contribution in [0.2, 0.25) is 0 Å². The van der Waals surface area contributed by atoms with Crippen LogP contribution < -0.4 is 14.7 Å². The van der Waals surface area contributed by atoms with Crippen LogP contribution in [0.4, 0.5) is 15.3 Å². The first-order chi connectivity index (χ1) is 16.6. The summed E-state index contributed by atoms with van der Waals surface area (Å²) in [5, 5.41) is 12.4. The summed E-state index contributed by atoms with van der Waals surface area (Å²) in [7, 11) is 1.61. The molecule has 1 N–H and O–H groups in total. The van der Waals surface area contributed by atoms with E-state index in [0.717, 1.165) is 11.4 Å². The van der Waals surface area contributed by atoms with E-state index in [9.17, 15) is 19.6 Å². The van der Waals surface area contributed by atoms with E-state index in [1.165, 1.54) is 14.7 Å². The molecule has 3 heterocycles. The molecule has 0 aliphatic carbocycles. The highest BCUT2D eigenvalue weighted by atomic mass is 16.6. The molecular weight excluding hydrogens is 458 g/mol. The second-order valence-electron chi connectivity index (χ2n) is 9.81. The first-order valence-electron chi connectivity index (χ1n) is 11.7. The number of methoxy groups -OCH3 is 1. The van der Waals surface area contributed by atoms with Crippen LogP contribution in [0.5, 0.6) is 5.75 Å². The number of carbonyl (C=O) groups is 3. The van der Waals surface area contributed by atoms with Crippen LogP contribution in [0.25, 0.3) is 0 Å². The van der Waals surface area contributed by atoms with Crippen molar-refractivity contribution in [2.75, 3.05) is 57.8 Å². The fourth-order valence-electron chi connectivity index (χ4n) is 4.45. The van der Waals surface area contributed by atoms with E-state index in [1.54, 1.807) is 27.9 Å². The third-order valence-corrected chi connectivity index (χ3v) is 6.32. The van der Waals surface area contributed by atoms with Gasteiger partial charge in [0, 0.05) is 45.0 Å². The quantitative estimate of drug-likeness (QED) is 0.591. The second kappa shape index (κ2) is 9.78. The van der Waals surface area contributed by atoms with Crippen LogP contribution >= 0.6 is 0 Å². The zero-order valence-corrected chi connectivity index (χ0v) is 20.6. The number of piperazine rings is 2. The fraction of sp³-hybridized carbons (Fsp3) is 0.609. The molecule has 192 valence electrons. The Morgan fingerprint density at radius 3 is 2.20 bits per heavy atom. The van der Waals surface area contributed by atoms with Gasteiger partial charge in [-0.05, 0) is 45.0 Å². The third-order valence-electron chi connectivity index (χ3n) is 6.32. The number of hydrogen-bond acceptors (Lipinski definition) is 8. The zero-order chi connectivity index (χ0) is 25.3. The maximum atomic E-state index is 13.0. The lowest BCUT2D eigenvalue weighted by Gasteiger charge is -2.39. The molecule has 3 saturated heterocycles. The van der Waals surface area contributed by atoms with E-state index in [4.69, 9.17) is 14.2 Å². The van der Waals surface area contributed by atoms with Crippen molar-refractivity contribution in [3.8, 4) is 5.75 Å². The molecular formula is C23H33N5O7. The molecule has 3 fully saturated rings. The van der Waals surface area contributed by atoms with Gasteiger partial charge in [-0.3, -0.25) is 14.6 Å². The summed E-state index contributed by atoms with van der Waals surface area (Å²) in [6.07, 6.45) is -3.54. The summed E-state index contributed by atoms with van der Waals surface area (Å²) in [4.78, 5) is 44.4. The summed E-state index contributed by atoms with van der Waals surface area (Å²) >= 11 is 0. The smallest absolute Gasteiger partial charge is 0.414 e. The van der Waals surface area contributed by atoms with Crippen LogP contribution in [-0.2, 0) is 14.3 Å². The molecule has 1 aromatic carbocycles. The highest BCUT2D eigenvalue weighted by Gasteiger charge is 2.52. The number of nitrogens with zero attached hydrogens (tertiary/aromatic N) is 4. The Labute approximate surface area is 204 Å². The highest BCUT2D eigenvalue weighted by molar-refractivity contribution is 5.84. The fourth-order valence-corrected chi connectivity index (χ4v) is 4.45. The molecule has 0 saturated carbocycles. The van der Waals surface area contributed by atoms with Crippen LogP contribution in [0.1, 0.15) is 20.8 Å². The number of fused-ring (bicyclic) bond motifs is 1. The summed E-state index contributed by atoms with van der Waals surface area (Å²) in [6.45, 7) is 7.73. The monoisotopic (exact) mass is 491 g/mol. The van der Waals surface area contributed by atoms with E-state index in [2.05, 4.69) is 4.90 Å². The molecule has 35 heavy (non-hydrogen) atoms. The van der Waals surface area contributed by atoms with Crippen LogP contribution in [0.15, 0.2) is 24.3 Å². The Bertz CT molecular complexity index is 943. The number of hydrogen-bond donors (Lipinski definition) is 1. The lowest BCUT2D eigenvalue weighted by molar-refractivity contribution is -0.908. The number of quaternary nitrogens is 1. The second-order valence-corrected chi connectivity index (χ2v) is 9.81. The van der Waals surface area contributed by atoms with Crippen LogP contribution in [-0.4, -0.2) is 104 Å². The van der Waals surface area contributed by atoms with E-state index in [1.807, 2.05) is 24.3 Å². The van der Waals surface area contributed by atoms with Crippen LogP contribution in [0.3, 0.4) is 0 Å². The van der Waals surface area contributed by atoms with Gasteiger partial charge in [0.1, 0.15) is 11.4 Å². The number of ether oxygens (including phenoxy) is 3. The molecule has 12 nitrogen and oxygen atoms in total. The molecule has 0 aromatic heterocycles. The van der Waals surface area contributed by atoms with Gasteiger partial charge < -0.3 is 34.3 Å². The average molecular weight is 492 g/mol. The molecule has 4 rings (SSSR count). The summed E-state index contributed by atoms with van der Waals surface area (Å²) in [5.74, 6) is 0.237. The number of anilines is 1. The van der Waals surface area contributed by atoms with Crippen molar-refractivity contribution >= 4 is 23.8 Å². The Balaban J connectivity index is 1.31. The van der Waals surface area contributed by atoms with E-state index >= 15 is 0 Å². The number of amides is 3. The molecule has 3 unspecified atom stereocenters. The average Bonchev–Trinajstić information content (AvgIpc) is 3.07. The SMILES string of the molecule is COc1ccc(N2CCN(C(=O)OC3C(=O)N4CCN(C(=O)OC(C)(C)C)CC4[NH+]3[O-])CC2)cc1. The molecule has 3 atom stereocenters. The predicted molar refractivity (Wildman–Crippen MR) is 125 cm³/mol. The summed E-state index contributed by atoms with van der Waals surface area (Å²) in [6, 6.07) is 7.68. The molecule has 0 bridgehead atoms. The van der Waals surface area contributed by atoms with Gasteiger partial charge in [-0.25, -0.2) is 9.59 Å². The van der Waals surface area contributed by atoms with Gasteiger partial charge in [0.05, 0.1) is 13.7 Å². The largest absolute Gasteiger partial charge is 0.630 e. The van der Waals surface area contributed by atoms with Crippen molar-refractivity contribution in [1.82, 2.24) is 14.7 Å². The van der Waals surface area contributed by atoms with Gasteiger partial charge in [0.2, 0.25) is 0 Å². The third kappa shape index (κ3) is 5.38. The molecule has 3 aliphatic heterocycles. The molecule has 3 amide bonds.